The molecule has 3 rings (SSSR count). The van der Waals surface area contributed by atoms with E-state index in [4.69, 9.17) is 0 Å². The van der Waals surface area contributed by atoms with E-state index in [1.807, 2.05) is 0 Å². The lowest BCUT2D eigenvalue weighted by atomic mass is 9.88. The predicted octanol–water partition coefficient (Wildman–Crippen LogP) is 4.28. The Bertz CT molecular complexity index is 954. The lowest BCUT2D eigenvalue weighted by molar-refractivity contribution is -0.278. The summed E-state index contributed by atoms with van der Waals surface area (Å²) in [5.41, 5.74) is 0.495. The van der Waals surface area contributed by atoms with Crippen molar-refractivity contribution in [3.05, 3.63) is 47.2 Å². The van der Waals surface area contributed by atoms with Gasteiger partial charge in [0.1, 0.15) is 0 Å². The molecule has 7 nitrogen and oxygen atoms in total. The van der Waals surface area contributed by atoms with Crippen LogP contribution >= 0.6 is 0 Å². The van der Waals surface area contributed by atoms with Crippen LogP contribution in [0.15, 0.2) is 35.7 Å². The number of hydrogen-bond donors (Lipinski definition) is 0. The Morgan fingerprint density at radius 2 is 1.48 bits per heavy atom. The SMILES string of the molecule is O=C1C(=Cc2ccnc(OC(F)(F)F)n2)CCCC1=Cc1nccc(OC(F)(F)F)n1. The van der Waals surface area contributed by atoms with Crippen LogP contribution in [0, 0.1) is 0 Å². The Morgan fingerprint density at radius 3 is 2.16 bits per heavy atom. The number of hydrogen-bond acceptors (Lipinski definition) is 7. The molecule has 0 aliphatic heterocycles. The Hall–Kier alpha value is -3.51. The molecule has 0 unspecified atom stereocenters. The molecule has 1 aliphatic carbocycles. The lowest BCUT2D eigenvalue weighted by Gasteiger charge is -2.16. The molecule has 0 spiro atoms. The average molecular weight is 446 g/mol. The van der Waals surface area contributed by atoms with Crippen LogP contribution in [0.25, 0.3) is 12.2 Å². The van der Waals surface area contributed by atoms with E-state index in [1.165, 1.54) is 18.2 Å². The number of rotatable bonds is 4. The third-order valence-electron chi connectivity index (χ3n) is 3.83. The number of halogens is 6. The van der Waals surface area contributed by atoms with Gasteiger partial charge in [0.25, 0.3) is 0 Å². The van der Waals surface area contributed by atoms with E-state index in [0.29, 0.717) is 19.3 Å². The van der Waals surface area contributed by atoms with E-state index >= 15 is 0 Å². The molecule has 1 fully saturated rings. The van der Waals surface area contributed by atoms with Crippen molar-refractivity contribution in [1.29, 1.82) is 0 Å². The van der Waals surface area contributed by atoms with Crippen molar-refractivity contribution in [2.24, 2.45) is 0 Å². The first-order valence-electron chi connectivity index (χ1n) is 8.62. The zero-order valence-electron chi connectivity index (χ0n) is 15.4. The van der Waals surface area contributed by atoms with Gasteiger partial charge in [-0.05, 0) is 37.5 Å². The minimum absolute atomic E-state index is 0.0238. The third kappa shape index (κ3) is 6.76. The number of alkyl halides is 6. The number of Topliss-reactive ketones (excluding diaryl/α,β-unsaturated/α-hetero) is 1. The van der Waals surface area contributed by atoms with Gasteiger partial charge in [0.2, 0.25) is 5.88 Å². The summed E-state index contributed by atoms with van der Waals surface area (Å²) in [6, 6.07) is 1.29. The predicted molar refractivity (Wildman–Crippen MR) is 92.2 cm³/mol. The highest BCUT2D eigenvalue weighted by molar-refractivity contribution is 6.13. The maximum absolute atomic E-state index is 12.7. The number of carbonyl (C=O) groups excluding carboxylic acids is 1. The van der Waals surface area contributed by atoms with Gasteiger partial charge in [0, 0.05) is 29.6 Å². The molecule has 13 heteroatoms. The fourth-order valence-corrected chi connectivity index (χ4v) is 2.70. The van der Waals surface area contributed by atoms with Gasteiger partial charge in [-0.25, -0.2) is 9.97 Å². The summed E-state index contributed by atoms with van der Waals surface area (Å²) in [5.74, 6) is -1.34. The fraction of sp³-hybridized carbons (Fsp3) is 0.278. The number of ketones is 1. The molecule has 0 amide bonds. The van der Waals surface area contributed by atoms with Crippen LogP contribution in [0.4, 0.5) is 26.3 Å². The molecule has 0 radical (unpaired) electrons. The van der Waals surface area contributed by atoms with Crippen molar-refractivity contribution in [2.45, 2.75) is 32.0 Å². The summed E-state index contributed by atoms with van der Waals surface area (Å²) in [6.45, 7) is 0. The maximum atomic E-state index is 12.7. The molecule has 2 aromatic rings. The third-order valence-corrected chi connectivity index (χ3v) is 3.83. The van der Waals surface area contributed by atoms with Gasteiger partial charge in [-0.3, -0.25) is 4.79 Å². The van der Waals surface area contributed by atoms with Crippen LogP contribution in [0.1, 0.15) is 30.8 Å². The van der Waals surface area contributed by atoms with Gasteiger partial charge < -0.3 is 9.47 Å². The second kappa shape index (κ2) is 8.70. The minimum Gasteiger partial charge on any atom is -0.388 e. The average Bonchev–Trinajstić information content (AvgIpc) is 2.63. The molecule has 0 bridgehead atoms. The number of nitrogens with zero attached hydrogens (tertiary/aromatic N) is 4. The largest absolute Gasteiger partial charge is 0.575 e. The standard InChI is InChI=1S/C18H12F6N4O3/c19-17(20,21)30-14-5-7-25-13(28-14)9-11-3-1-2-10(15(11)29)8-12-4-6-26-16(27-12)31-18(22,23)24/h4-9H,1-3H2. The topological polar surface area (TPSA) is 87.1 Å². The summed E-state index contributed by atoms with van der Waals surface area (Å²) in [7, 11) is 0. The Kier molecular flexibility index (Phi) is 6.22. The zero-order valence-corrected chi connectivity index (χ0v) is 15.4. The Balaban J connectivity index is 1.82. The van der Waals surface area contributed by atoms with Crippen LogP contribution in [0.2, 0.25) is 0 Å². The normalized spacial score (nSPS) is 17.8. The molecular weight excluding hydrogens is 434 g/mol. The molecule has 2 heterocycles. The van der Waals surface area contributed by atoms with Crippen molar-refractivity contribution < 1.29 is 40.6 Å². The summed E-state index contributed by atoms with van der Waals surface area (Å²) >= 11 is 0. The van der Waals surface area contributed by atoms with E-state index in [-0.39, 0.29) is 22.7 Å². The lowest BCUT2D eigenvalue weighted by Crippen LogP contribution is -2.19. The second-order valence-electron chi connectivity index (χ2n) is 6.13. The highest BCUT2D eigenvalue weighted by Gasteiger charge is 2.33. The molecule has 1 aliphatic rings. The molecule has 2 aromatic heterocycles. The molecule has 0 aromatic carbocycles. The molecule has 0 saturated heterocycles. The van der Waals surface area contributed by atoms with Crippen LogP contribution in [-0.2, 0) is 4.79 Å². The van der Waals surface area contributed by atoms with E-state index in [1.54, 1.807) is 0 Å². The smallest absolute Gasteiger partial charge is 0.388 e. The van der Waals surface area contributed by atoms with E-state index in [0.717, 1.165) is 18.5 Å². The number of ether oxygens (including phenoxy) is 2. The van der Waals surface area contributed by atoms with Gasteiger partial charge >= 0.3 is 18.7 Å². The summed E-state index contributed by atoms with van der Waals surface area (Å²) in [4.78, 5) is 27.0. The minimum atomic E-state index is -4.97. The Labute approximate surface area is 170 Å². The van der Waals surface area contributed by atoms with Crippen LogP contribution < -0.4 is 9.47 Å². The van der Waals surface area contributed by atoms with E-state index in [2.05, 4.69) is 29.4 Å². The van der Waals surface area contributed by atoms with Gasteiger partial charge in [-0.1, -0.05) is 0 Å². The van der Waals surface area contributed by atoms with Crippen molar-refractivity contribution in [3.63, 3.8) is 0 Å². The van der Waals surface area contributed by atoms with Gasteiger partial charge in [-0.15, -0.1) is 26.3 Å². The van der Waals surface area contributed by atoms with Gasteiger partial charge in [0.05, 0.1) is 5.69 Å². The molecular formula is C18H12F6N4O3. The second-order valence-corrected chi connectivity index (χ2v) is 6.13. The first kappa shape index (κ1) is 22.2. The molecule has 1 saturated carbocycles. The van der Waals surface area contributed by atoms with Gasteiger partial charge in [-0.2, -0.15) is 9.97 Å². The number of allylic oxidation sites excluding steroid dienone is 2. The monoisotopic (exact) mass is 446 g/mol. The van der Waals surface area contributed by atoms with E-state index in [9.17, 15) is 31.1 Å². The number of aromatic nitrogens is 4. The van der Waals surface area contributed by atoms with Crippen LogP contribution in [0.5, 0.6) is 11.9 Å². The van der Waals surface area contributed by atoms with Crippen LogP contribution in [0.3, 0.4) is 0 Å². The molecule has 31 heavy (non-hydrogen) atoms. The zero-order chi connectivity index (χ0) is 22.6. The van der Waals surface area contributed by atoms with Crippen molar-refractivity contribution in [3.8, 4) is 11.9 Å². The summed E-state index contributed by atoms with van der Waals surface area (Å²) < 4.78 is 81.3. The van der Waals surface area contributed by atoms with E-state index < -0.39 is 30.4 Å². The number of carbonyl (C=O) groups is 1. The first-order chi connectivity index (χ1) is 14.5. The van der Waals surface area contributed by atoms with Crippen molar-refractivity contribution in [1.82, 2.24) is 19.9 Å². The van der Waals surface area contributed by atoms with Crippen molar-refractivity contribution >= 4 is 17.9 Å². The quantitative estimate of drug-likeness (QED) is 0.512. The molecule has 164 valence electrons. The molecule has 0 atom stereocenters. The first-order valence-corrected chi connectivity index (χ1v) is 8.62. The Morgan fingerprint density at radius 1 is 0.839 bits per heavy atom. The maximum Gasteiger partial charge on any atom is 0.575 e. The highest BCUT2D eigenvalue weighted by atomic mass is 19.4. The molecule has 0 N–H and O–H groups in total. The van der Waals surface area contributed by atoms with Crippen molar-refractivity contribution in [2.75, 3.05) is 0 Å². The summed E-state index contributed by atoms with van der Waals surface area (Å²) in [6.07, 6.45) is -4.11. The summed E-state index contributed by atoms with van der Waals surface area (Å²) in [5, 5.41) is 0. The highest BCUT2D eigenvalue weighted by Crippen LogP contribution is 2.28. The van der Waals surface area contributed by atoms with Gasteiger partial charge in [0.15, 0.2) is 11.6 Å². The fourth-order valence-electron chi connectivity index (χ4n) is 2.70. The van der Waals surface area contributed by atoms with Crippen LogP contribution in [-0.4, -0.2) is 38.4 Å².